The number of carbonyl (C=O) groups excluding carboxylic acids is 2. The van der Waals surface area contributed by atoms with Gasteiger partial charge in [0, 0.05) is 6.42 Å². The number of rotatable bonds is 16. The van der Waals surface area contributed by atoms with Crippen molar-refractivity contribution in [3.05, 3.63) is 0 Å². The van der Waals surface area contributed by atoms with Crippen LogP contribution in [0.3, 0.4) is 0 Å². The average Bonchev–Trinajstić information content (AvgIpc) is 2.68. The van der Waals surface area contributed by atoms with E-state index < -0.39 is 28.8 Å². The van der Waals surface area contributed by atoms with Crippen molar-refractivity contribution in [2.24, 2.45) is 5.92 Å². The maximum atomic E-state index is 13.6. The molecule has 0 aliphatic carbocycles. The standard InChI is InChI=1S/C28H58O5Si2/c1-16-31-28(30)27(33-35(21(8)9,22(10)11)23(12)13)26(24(14)17-25(15)29)32-34(18(2)3,19(4)5)20(6)7/h18-24,26-27H,16-17H2,1-15H3/t24-,26+,27-/m1/s1. The fraction of sp³-hybridized carbons (Fsp3) is 0.929. The van der Waals surface area contributed by atoms with Crippen molar-refractivity contribution in [3.8, 4) is 0 Å². The lowest BCUT2D eigenvalue weighted by Crippen LogP contribution is -2.60. The van der Waals surface area contributed by atoms with Crippen LogP contribution in [0.1, 0.15) is 110 Å². The van der Waals surface area contributed by atoms with E-state index >= 15 is 0 Å². The fourth-order valence-corrected chi connectivity index (χ4v) is 17.9. The molecule has 0 radical (unpaired) electrons. The third kappa shape index (κ3) is 7.99. The zero-order valence-electron chi connectivity index (χ0n) is 25.7. The van der Waals surface area contributed by atoms with Gasteiger partial charge in [0.25, 0.3) is 0 Å². The first kappa shape index (κ1) is 34.5. The van der Waals surface area contributed by atoms with E-state index in [0.29, 0.717) is 39.7 Å². The second-order valence-electron chi connectivity index (χ2n) is 12.4. The fourth-order valence-electron chi connectivity index (χ4n) is 6.79. The molecule has 0 amide bonds. The highest BCUT2D eigenvalue weighted by molar-refractivity contribution is 6.78. The van der Waals surface area contributed by atoms with Gasteiger partial charge in [-0.3, -0.25) is 0 Å². The number of esters is 1. The Hall–Kier alpha value is -0.506. The van der Waals surface area contributed by atoms with Crippen LogP contribution >= 0.6 is 0 Å². The van der Waals surface area contributed by atoms with Gasteiger partial charge in [-0.2, -0.15) is 0 Å². The van der Waals surface area contributed by atoms with Crippen molar-refractivity contribution in [3.63, 3.8) is 0 Å². The van der Waals surface area contributed by atoms with Crippen molar-refractivity contribution in [1.82, 2.24) is 0 Å². The number of hydrogen-bond donors (Lipinski definition) is 0. The zero-order chi connectivity index (χ0) is 27.9. The summed E-state index contributed by atoms with van der Waals surface area (Å²) in [6, 6.07) is 0. The summed E-state index contributed by atoms with van der Waals surface area (Å²) in [6.07, 6.45) is -1.02. The summed E-state index contributed by atoms with van der Waals surface area (Å²) in [7, 11) is -4.81. The van der Waals surface area contributed by atoms with Crippen molar-refractivity contribution >= 4 is 28.4 Å². The van der Waals surface area contributed by atoms with E-state index in [2.05, 4.69) is 83.1 Å². The molecule has 0 rings (SSSR count). The minimum atomic E-state index is -2.44. The largest absolute Gasteiger partial charge is 0.464 e. The summed E-state index contributed by atoms with van der Waals surface area (Å²) in [5.41, 5.74) is 1.97. The minimum Gasteiger partial charge on any atom is -0.464 e. The van der Waals surface area contributed by atoms with Crippen LogP contribution in [0.15, 0.2) is 0 Å². The number of hydrogen-bond acceptors (Lipinski definition) is 5. The molecule has 35 heavy (non-hydrogen) atoms. The third-order valence-electron chi connectivity index (χ3n) is 8.07. The highest BCUT2D eigenvalue weighted by Crippen LogP contribution is 2.47. The molecule has 0 saturated carbocycles. The Morgan fingerprint density at radius 3 is 1.26 bits per heavy atom. The molecule has 0 fully saturated rings. The van der Waals surface area contributed by atoms with Crippen LogP contribution in [0.5, 0.6) is 0 Å². The summed E-state index contributed by atoms with van der Waals surface area (Å²) in [5, 5.41) is 0. The van der Waals surface area contributed by atoms with Gasteiger partial charge >= 0.3 is 5.97 Å². The monoisotopic (exact) mass is 530 g/mol. The van der Waals surface area contributed by atoms with Crippen molar-refractivity contribution in [1.29, 1.82) is 0 Å². The molecule has 0 unspecified atom stereocenters. The Bertz CT molecular complexity index is 614. The summed E-state index contributed by atoms with van der Waals surface area (Å²) in [6.45, 7) is 32.6. The van der Waals surface area contributed by atoms with Crippen molar-refractivity contribution in [2.75, 3.05) is 6.61 Å². The van der Waals surface area contributed by atoms with Gasteiger partial charge in [0.2, 0.25) is 16.6 Å². The number of carbonyl (C=O) groups is 2. The number of Topliss-reactive ketones (excluding diaryl/α,β-unsaturated/α-hetero) is 1. The molecule has 3 atom stereocenters. The SMILES string of the molecule is CCOC(=O)[C@H](O[Si](C(C)C)(C(C)C)C(C)C)[C@@H](O[Si](C(C)C)(C(C)C)C(C)C)[C@H](C)CC(C)=O. The zero-order valence-corrected chi connectivity index (χ0v) is 27.7. The van der Waals surface area contributed by atoms with Gasteiger partial charge in [-0.15, -0.1) is 0 Å². The molecule has 0 saturated heterocycles. The first-order valence-electron chi connectivity index (χ1n) is 13.9. The quantitative estimate of drug-likeness (QED) is 0.148. The Kier molecular flexibility index (Phi) is 14.2. The van der Waals surface area contributed by atoms with Crippen LogP contribution in [0.4, 0.5) is 0 Å². The maximum absolute atomic E-state index is 13.6. The van der Waals surface area contributed by atoms with Gasteiger partial charge in [0.05, 0.1) is 12.7 Å². The van der Waals surface area contributed by atoms with E-state index in [9.17, 15) is 9.59 Å². The molecule has 7 heteroatoms. The molecule has 0 aromatic heterocycles. The van der Waals surface area contributed by atoms with Gasteiger partial charge in [-0.25, -0.2) is 4.79 Å². The molecule has 0 bridgehead atoms. The predicted molar refractivity (Wildman–Crippen MR) is 153 cm³/mol. The predicted octanol–water partition coefficient (Wildman–Crippen LogP) is 8.29. The average molecular weight is 531 g/mol. The summed E-state index contributed by atoms with van der Waals surface area (Å²) >= 11 is 0. The van der Waals surface area contributed by atoms with Crippen LogP contribution in [0.25, 0.3) is 0 Å². The lowest BCUT2D eigenvalue weighted by Gasteiger charge is -2.50. The van der Waals surface area contributed by atoms with E-state index in [1.807, 2.05) is 13.8 Å². The molecule has 0 aliphatic rings. The summed E-state index contributed by atoms with van der Waals surface area (Å²) < 4.78 is 20.1. The second kappa shape index (κ2) is 14.4. The summed E-state index contributed by atoms with van der Waals surface area (Å²) in [5.74, 6) is -0.422. The number of ether oxygens (including phenoxy) is 1. The Labute approximate surface area is 219 Å². The second-order valence-corrected chi connectivity index (χ2v) is 23.2. The molecule has 0 N–H and O–H groups in total. The smallest absolute Gasteiger partial charge is 0.336 e. The van der Waals surface area contributed by atoms with Gasteiger partial charge in [-0.05, 0) is 53.0 Å². The molecule has 208 valence electrons. The first-order valence-corrected chi connectivity index (χ1v) is 18.2. The molecule has 0 heterocycles. The lowest BCUT2D eigenvalue weighted by molar-refractivity contribution is -0.159. The topological polar surface area (TPSA) is 61.8 Å². The molecule has 0 aromatic rings. The highest BCUT2D eigenvalue weighted by Gasteiger charge is 2.54. The Morgan fingerprint density at radius 2 is 0.971 bits per heavy atom. The van der Waals surface area contributed by atoms with Crippen LogP contribution in [0, 0.1) is 5.92 Å². The normalized spacial score (nSPS) is 16.0. The molecule has 0 aromatic carbocycles. The summed E-state index contributed by atoms with van der Waals surface area (Å²) in [4.78, 5) is 25.9. The third-order valence-corrected chi connectivity index (χ3v) is 20.2. The minimum absolute atomic E-state index is 0.0969. The number of ketones is 1. The lowest BCUT2D eigenvalue weighted by atomic mass is 9.95. The van der Waals surface area contributed by atoms with Crippen molar-refractivity contribution < 1.29 is 23.2 Å². The molecular weight excluding hydrogens is 472 g/mol. The maximum Gasteiger partial charge on any atom is 0.336 e. The van der Waals surface area contributed by atoms with Gasteiger partial charge in [0.1, 0.15) is 5.78 Å². The van der Waals surface area contributed by atoms with Crippen LogP contribution in [-0.4, -0.2) is 47.2 Å². The van der Waals surface area contributed by atoms with E-state index in [-0.39, 0.29) is 24.3 Å². The Morgan fingerprint density at radius 1 is 0.629 bits per heavy atom. The van der Waals surface area contributed by atoms with Crippen molar-refractivity contribution in [2.45, 2.75) is 156 Å². The molecule has 5 nitrogen and oxygen atoms in total. The van der Waals surface area contributed by atoms with Gasteiger partial charge in [-0.1, -0.05) is 90.0 Å². The van der Waals surface area contributed by atoms with E-state index in [0.717, 1.165) is 0 Å². The molecular formula is C28H58O5Si2. The van der Waals surface area contributed by atoms with E-state index in [1.54, 1.807) is 6.92 Å². The van der Waals surface area contributed by atoms with E-state index in [1.165, 1.54) is 0 Å². The van der Waals surface area contributed by atoms with Crippen LogP contribution in [-0.2, 0) is 23.2 Å². The molecule has 0 spiro atoms. The van der Waals surface area contributed by atoms with E-state index in [4.69, 9.17) is 13.6 Å². The highest BCUT2D eigenvalue weighted by atomic mass is 28.4. The van der Waals surface area contributed by atoms with Crippen LogP contribution < -0.4 is 0 Å². The molecule has 0 aliphatic heterocycles. The first-order chi connectivity index (χ1) is 15.9. The van der Waals surface area contributed by atoms with Gasteiger partial charge < -0.3 is 18.4 Å². The Balaban J connectivity index is 7.06. The van der Waals surface area contributed by atoms with Crippen LogP contribution in [0.2, 0.25) is 33.2 Å². The van der Waals surface area contributed by atoms with Gasteiger partial charge in [0.15, 0.2) is 6.10 Å².